The van der Waals surface area contributed by atoms with Crippen LogP contribution in [0.2, 0.25) is 0 Å². The number of urea groups is 1. The average molecular weight is 235 g/mol. The largest absolute Gasteiger partial charge is 0.334 e. The third kappa shape index (κ3) is 4.05. The third-order valence-corrected chi connectivity index (χ3v) is 3.32. The zero-order chi connectivity index (χ0) is 11.5. The predicted octanol–water partition coefficient (Wildman–Crippen LogP) is -0.577. The maximum absolute atomic E-state index is 11.5. The molecule has 0 bridgehead atoms. The van der Waals surface area contributed by atoms with Gasteiger partial charge in [-0.05, 0) is 12.8 Å². The number of nitrogens with two attached hydrogens (primary N) is 1. The minimum atomic E-state index is -2.94. The predicted molar refractivity (Wildman–Crippen MR) is 56.8 cm³/mol. The highest BCUT2D eigenvalue weighted by atomic mass is 32.2. The summed E-state index contributed by atoms with van der Waals surface area (Å²) < 4.78 is 21.8. The summed E-state index contributed by atoms with van der Waals surface area (Å²) in [6.45, 7) is 1.69. The van der Waals surface area contributed by atoms with Gasteiger partial charge in [0.25, 0.3) is 0 Å². The van der Waals surface area contributed by atoms with Crippen LogP contribution in [0.4, 0.5) is 4.79 Å². The molecule has 2 N–H and O–H groups in total. The standard InChI is InChI=1S/C8H17N3O3S/c1-15(13,14)7-3-5-10-4-2-6-11(9)8(10)12/h2-7,9H2,1H3. The molecular formula is C8H17N3O3S. The second kappa shape index (κ2) is 4.80. The molecule has 88 valence electrons. The summed E-state index contributed by atoms with van der Waals surface area (Å²) in [5, 5.41) is 1.17. The van der Waals surface area contributed by atoms with Gasteiger partial charge in [-0.1, -0.05) is 0 Å². The number of nitrogens with zero attached hydrogens (tertiary/aromatic N) is 2. The Morgan fingerprint density at radius 3 is 2.67 bits per heavy atom. The molecule has 1 saturated heterocycles. The Hall–Kier alpha value is -0.820. The molecule has 0 aromatic rings. The van der Waals surface area contributed by atoms with Crippen LogP contribution < -0.4 is 5.84 Å². The van der Waals surface area contributed by atoms with Crippen LogP contribution in [0.25, 0.3) is 0 Å². The topological polar surface area (TPSA) is 83.7 Å². The highest BCUT2D eigenvalue weighted by molar-refractivity contribution is 7.90. The van der Waals surface area contributed by atoms with E-state index in [1.165, 1.54) is 11.3 Å². The highest BCUT2D eigenvalue weighted by Crippen LogP contribution is 2.06. The van der Waals surface area contributed by atoms with Gasteiger partial charge in [-0.3, -0.25) is 5.01 Å². The Morgan fingerprint density at radius 2 is 2.07 bits per heavy atom. The summed E-state index contributed by atoms with van der Waals surface area (Å²) in [4.78, 5) is 13.1. The highest BCUT2D eigenvalue weighted by Gasteiger charge is 2.22. The molecule has 0 aliphatic carbocycles. The van der Waals surface area contributed by atoms with E-state index in [1.807, 2.05) is 0 Å². The van der Waals surface area contributed by atoms with E-state index in [0.717, 1.165) is 6.42 Å². The first-order valence-corrected chi connectivity index (χ1v) is 6.95. The fourth-order valence-corrected chi connectivity index (χ4v) is 2.18. The van der Waals surface area contributed by atoms with Gasteiger partial charge in [0.05, 0.1) is 5.75 Å². The molecule has 0 aromatic carbocycles. The first-order valence-electron chi connectivity index (χ1n) is 4.89. The van der Waals surface area contributed by atoms with Crippen LogP contribution in [-0.2, 0) is 9.84 Å². The van der Waals surface area contributed by atoms with Crippen LogP contribution in [0.1, 0.15) is 12.8 Å². The van der Waals surface area contributed by atoms with E-state index in [-0.39, 0.29) is 11.8 Å². The van der Waals surface area contributed by atoms with E-state index >= 15 is 0 Å². The van der Waals surface area contributed by atoms with Crippen molar-refractivity contribution in [2.75, 3.05) is 31.6 Å². The maximum Gasteiger partial charge on any atom is 0.334 e. The maximum atomic E-state index is 11.5. The van der Waals surface area contributed by atoms with Crippen molar-refractivity contribution in [2.45, 2.75) is 12.8 Å². The van der Waals surface area contributed by atoms with Gasteiger partial charge >= 0.3 is 6.03 Å². The first kappa shape index (κ1) is 12.3. The van der Waals surface area contributed by atoms with Crippen LogP contribution >= 0.6 is 0 Å². The minimum absolute atomic E-state index is 0.112. The van der Waals surface area contributed by atoms with E-state index < -0.39 is 9.84 Å². The lowest BCUT2D eigenvalue weighted by atomic mass is 10.3. The molecule has 7 heteroatoms. The zero-order valence-corrected chi connectivity index (χ0v) is 9.66. The van der Waals surface area contributed by atoms with E-state index in [9.17, 15) is 13.2 Å². The molecule has 0 saturated carbocycles. The van der Waals surface area contributed by atoms with Crippen molar-refractivity contribution < 1.29 is 13.2 Å². The summed E-state index contributed by atoms with van der Waals surface area (Å²) in [6, 6.07) is -0.213. The van der Waals surface area contributed by atoms with Gasteiger partial charge in [-0.2, -0.15) is 0 Å². The number of hydrazine groups is 1. The molecule has 0 spiro atoms. The monoisotopic (exact) mass is 235 g/mol. The molecule has 1 aliphatic rings. The molecule has 1 aliphatic heterocycles. The van der Waals surface area contributed by atoms with Gasteiger partial charge in [-0.25, -0.2) is 19.1 Å². The van der Waals surface area contributed by atoms with Crippen LogP contribution in [0.3, 0.4) is 0 Å². The minimum Gasteiger partial charge on any atom is -0.323 e. The lowest BCUT2D eigenvalue weighted by Crippen LogP contribution is -2.52. The normalized spacial score (nSPS) is 18.4. The number of hydrogen-bond donors (Lipinski definition) is 1. The molecule has 0 aromatic heterocycles. The lowest BCUT2D eigenvalue weighted by molar-refractivity contribution is 0.130. The first-order chi connectivity index (χ1) is 6.90. The van der Waals surface area contributed by atoms with Gasteiger partial charge in [0.15, 0.2) is 0 Å². The molecule has 0 atom stereocenters. The molecule has 1 heterocycles. The molecule has 1 rings (SSSR count). The van der Waals surface area contributed by atoms with Crippen molar-refractivity contribution in [3.05, 3.63) is 0 Å². The molecule has 0 unspecified atom stereocenters. The Labute approximate surface area is 89.9 Å². The molecule has 1 fully saturated rings. The van der Waals surface area contributed by atoms with Crippen molar-refractivity contribution in [3.8, 4) is 0 Å². The summed E-state index contributed by atoms with van der Waals surface area (Å²) in [5.41, 5.74) is 0. The number of rotatable bonds is 4. The number of amides is 2. The molecule has 0 radical (unpaired) electrons. The van der Waals surface area contributed by atoms with Gasteiger partial charge in [0, 0.05) is 25.9 Å². The Balaban J connectivity index is 2.35. The van der Waals surface area contributed by atoms with Crippen LogP contribution in [-0.4, -0.2) is 56.0 Å². The molecule has 15 heavy (non-hydrogen) atoms. The van der Waals surface area contributed by atoms with E-state index in [2.05, 4.69) is 0 Å². The smallest absolute Gasteiger partial charge is 0.323 e. The fourth-order valence-electron chi connectivity index (χ4n) is 1.53. The number of carbonyl (C=O) groups is 1. The second-order valence-corrected chi connectivity index (χ2v) is 6.06. The molecular weight excluding hydrogens is 218 g/mol. The molecule has 6 nitrogen and oxygen atoms in total. The Bertz CT molecular complexity index is 328. The van der Waals surface area contributed by atoms with Crippen molar-refractivity contribution in [2.24, 2.45) is 5.84 Å². The van der Waals surface area contributed by atoms with Crippen molar-refractivity contribution in [1.29, 1.82) is 0 Å². The van der Waals surface area contributed by atoms with Crippen LogP contribution in [0, 0.1) is 0 Å². The van der Waals surface area contributed by atoms with Crippen molar-refractivity contribution in [1.82, 2.24) is 9.91 Å². The third-order valence-electron chi connectivity index (χ3n) is 2.29. The number of hydrogen-bond acceptors (Lipinski definition) is 4. The zero-order valence-electron chi connectivity index (χ0n) is 8.85. The summed E-state index contributed by atoms with van der Waals surface area (Å²) >= 11 is 0. The average Bonchev–Trinajstić information content (AvgIpc) is 2.10. The quantitative estimate of drug-likeness (QED) is 0.522. The van der Waals surface area contributed by atoms with Gasteiger partial charge < -0.3 is 4.90 Å². The number of carbonyl (C=O) groups excluding carboxylic acids is 1. The van der Waals surface area contributed by atoms with Gasteiger partial charge in [0.2, 0.25) is 0 Å². The SMILES string of the molecule is CS(=O)(=O)CCCN1CCCN(N)C1=O. The summed E-state index contributed by atoms with van der Waals surface area (Å²) in [5.74, 6) is 5.56. The van der Waals surface area contributed by atoms with E-state index in [1.54, 1.807) is 4.90 Å². The van der Waals surface area contributed by atoms with E-state index in [4.69, 9.17) is 5.84 Å². The van der Waals surface area contributed by atoms with E-state index in [0.29, 0.717) is 26.1 Å². The fraction of sp³-hybridized carbons (Fsp3) is 0.875. The molecule has 2 amide bonds. The van der Waals surface area contributed by atoms with Crippen molar-refractivity contribution in [3.63, 3.8) is 0 Å². The van der Waals surface area contributed by atoms with Crippen molar-refractivity contribution >= 4 is 15.9 Å². The summed E-state index contributed by atoms with van der Waals surface area (Å²) in [6.07, 6.45) is 2.50. The second-order valence-electron chi connectivity index (χ2n) is 3.80. The van der Waals surface area contributed by atoms with Crippen LogP contribution in [0.15, 0.2) is 0 Å². The Morgan fingerprint density at radius 1 is 1.40 bits per heavy atom. The van der Waals surface area contributed by atoms with Gasteiger partial charge in [0.1, 0.15) is 9.84 Å². The lowest BCUT2D eigenvalue weighted by Gasteiger charge is -2.32. The van der Waals surface area contributed by atoms with Crippen LogP contribution in [0.5, 0.6) is 0 Å². The Kier molecular flexibility index (Phi) is 3.92. The summed E-state index contributed by atoms with van der Waals surface area (Å²) in [7, 11) is -2.94. The van der Waals surface area contributed by atoms with Gasteiger partial charge in [-0.15, -0.1) is 0 Å². The number of sulfone groups is 1.